The van der Waals surface area contributed by atoms with Crippen molar-refractivity contribution in [2.24, 2.45) is 0 Å². The molecule has 0 saturated heterocycles. The molecule has 0 spiro atoms. The molecule has 0 aliphatic heterocycles. The summed E-state index contributed by atoms with van der Waals surface area (Å²) in [4.78, 5) is 24.1. The number of carbonyl (C=O) groups is 2. The molecule has 1 N–H and O–H groups in total. The van der Waals surface area contributed by atoms with Gasteiger partial charge in [-0.05, 0) is 53.6 Å². The number of hydrogen-bond acceptors (Lipinski definition) is 4. The first-order chi connectivity index (χ1) is 14.5. The molecule has 0 saturated carbocycles. The standard InChI is InChI=1S/C24H17ClN2O3/c25-21-10-5-9-19(14-21)20(15-26)12-17-6-4-11-22(13-17)30-23(28)16-27-24(29)18-7-2-1-3-8-18/h1-14H,16H2,(H,27,29)/b20-12-. The predicted molar refractivity (Wildman–Crippen MR) is 116 cm³/mol. The minimum atomic E-state index is -0.601. The van der Waals surface area contributed by atoms with E-state index in [2.05, 4.69) is 11.4 Å². The summed E-state index contributed by atoms with van der Waals surface area (Å²) in [5.41, 5.74) is 2.26. The minimum Gasteiger partial charge on any atom is -0.425 e. The van der Waals surface area contributed by atoms with Gasteiger partial charge in [-0.15, -0.1) is 0 Å². The number of ether oxygens (including phenoxy) is 1. The normalized spacial score (nSPS) is 10.7. The van der Waals surface area contributed by atoms with E-state index in [0.717, 1.165) is 0 Å². The van der Waals surface area contributed by atoms with Crippen molar-refractivity contribution >= 4 is 35.1 Å². The molecule has 30 heavy (non-hydrogen) atoms. The van der Waals surface area contributed by atoms with Crippen LogP contribution in [0.3, 0.4) is 0 Å². The van der Waals surface area contributed by atoms with E-state index >= 15 is 0 Å². The summed E-state index contributed by atoms with van der Waals surface area (Å²) >= 11 is 6.00. The molecule has 0 heterocycles. The molecule has 0 radical (unpaired) electrons. The number of halogens is 1. The highest BCUT2D eigenvalue weighted by molar-refractivity contribution is 6.30. The molecule has 3 aromatic carbocycles. The first kappa shape index (κ1) is 20.8. The predicted octanol–water partition coefficient (Wildman–Crippen LogP) is 4.74. The monoisotopic (exact) mass is 416 g/mol. The lowest BCUT2D eigenvalue weighted by Crippen LogP contribution is -2.31. The smallest absolute Gasteiger partial charge is 0.330 e. The molecule has 148 valence electrons. The Labute approximate surface area is 179 Å². The highest BCUT2D eigenvalue weighted by Gasteiger charge is 2.10. The lowest BCUT2D eigenvalue weighted by atomic mass is 10.0. The Bertz CT molecular complexity index is 1130. The van der Waals surface area contributed by atoms with Crippen molar-refractivity contribution in [3.63, 3.8) is 0 Å². The Hall–Kier alpha value is -3.88. The number of rotatable bonds is 6. The van der Waals surface area contributed by atoms with Gasteiger partial charge in [0.25, 0.3) is 5.91 Å². The lowest BCUT2D eigenvalue weighted by molar-refractivity contribution is -0.133. The maximum Gasteiger partial charge on any atom is 0.330 e. The van der Waals surface area contributed by atoms with Crippen molar-refractivity contribution < 1.29 is 14.3 Å². The summed E-state index contributed by atoms with van der Waals surface area (Å²) in [6, 6.07) is 24.5. The van der Waals surface area contributed by atoms with Crippen LogP contribution in [0.4, 0.5) is 0 Å². The van der Waals surface area contributed by atoms with Crippen molar-refractivity contribution in [2.45, 2.75) is 0 Å². The second kappa shape index (κ2) is 10.1. The molecule has 1 amide bonds. The average Bonchev–Trinajstić information content (AvgIpc) is 2.76. The van der Waals surface area contributed by atoms with Gasteiger partial charge in [0.05, 0.1) is 11.6 Å². The number of nitriles is 1. The van der Waals surface area contributed by atoms with Crippen LogP contribution in [-0.4, -0.2) is 18.4 Å². The van der Waals surface area contributed by atoms with E-state index in [1.165, 1.54) is 0 Å². The molecule has 0 atom stereocenters. The maximum atomic E-state index is 12.1. The summed E-state index contributed by atoms with van der Waals surface area (Å²) in [6.07, 6.45) is 1.68. The Morgan fingerprint density at radius 3 is 2.43 bits per heavy atom. The van der Waals surface area contributed by atoms with Crippen LogP contribution >= 0.6 is 11.6 Å². The van der Waals surface area contributed by atoms with Crippen molar-refractivity contribution in [1.82, 2.24) is 5.32 Å². The van der Waals surface area contributed by atoms with E-state index in [-0.39, 0.29) is 12.5 Å². The topological polar surface area (TPSA) is 79.2 Å². The number of hydrogen-bond donors (Lipinski definition) is 1. The van der Waals surface area contributed by atoms with E-state index in [9.17, 15) is 14.9 Å². The minimum absolute atomic E-state index is 0.264. The molecule has 0 aliphatic rings. The summed E-state index contributed by atoms with van der Waals surface area (Å²) < 4.78 is 5.29. The van der Waals surface area contributed by atoms with Crippen LogP contribution in [0, 0.1) is 11.3 Å². The maximum absolute atomic E-state index is 12.1. The third-order valence-electron chi connectivity index (χ3n) is 4.09. The summed E-state index contributed by atoms with van der Waals surface area (Å²) in [5.74, 6) is -0.647. The third kappa shape index (κ3) is 5.81. The molecule has 6 heteroatoms. The van der Waals surface area contributed by atoms with E-state index in [1.54, 1.807) is 84.9 Å². The fourth-order valence-electron chi connectivity index (χ4n) is 2.68. The number of benzene rings is 3. The molecule has 0 fully saturated rings. The summed E-state index contributed by atoms with van der Waals surface area (Å²) in [5, 5.41) is 12.5. The Morgan fingerprint density at radius 1 is 0.967 bits per heavy atom. The Kier molecular flexibility index (Phi) is 6.99. The zero-order valence-corrected chi connectivity index (χ0v) is 16.6. The molecule has 5 nitrogen and oxygen atoms in total. The molecule has 3 aromatic rings. The molecule has 3 rings (SSSR count). The number of nitrogens with zero attached hydrogens (tertiary/aromatic N) is 1. The fraction of sp³-hybridized carbons (Fsp3) is 0.0417. The van der Waals surface area contributed by atoms with Crippen LogP contribution in [0.5, 0.6) is 5.75 Å². The summed E-state index contributed by atoms with van der Waals surface area (Å²) in [7, 11) is 0. The van der Waals surface area contributed by atoms with Gasteiger partial charge in [-0.25, -0.2) is 4.79 Å². The van der Waals surface area contributed by atoms with Crippen LogP contribution in [0.2, 0.25) is 5.02 Å². The van der Waals surface area contributed by atoms with E-state index < -0.39 is 5.97 Å². The number of allylic oxidation sites excluding steroid dienone is 1. The van der Waals surface area contributed by atoms with Crippen LogP contribution in [0.1, 0.15) is 21.5 Å². The Morgan fingerprint density at radius 2 is 1.70 bits per heavy atom. The van der Waals surface area contributed by atoms with E-state index in [0.29, 0.717) is 33.0 Å². The van der Waals surface area contributed by atoms with Gasteiger partial charge in [-0.2, -0.15) is 5.26 Å². The highest BCUT2D eigenvalue weighted by atomic mass is 35.5. The van der Waals surface area contributed by atoms with Gasteiger partial charge in [0, 0.05) is 10.6 Å². The van der Waals surface area contributed by atoms with Crippen molar-refractivity contribution in [3.8, 4) is 11.8 Å². The van der Waals surface area contributed by atoms with Gasteiger partial charge < -0.3 is 10.1 Å². The molecule has 0 unspecified atom stereocenters. The first-order valence-electron chi connectivity index (χ1n) is 9.07. The van der Waals surface area contributed by atoms with Crippen LogP contribution in [0.25, 0.3) is 11.6 Å². The SMILES string of the molecule is N#C/C(=C/c1cccc(OC(=O)CNC(=O)c2ccccc2)c1)c1cccc(Cl)c1. The summed E-state index contributed by atoms with van der Waals surface area (Å²) in [6.45, 7) is -0.264. The van der Waals surface area contributed by atoms with Crippen molar-refractivity contribution in [1.29, 1.82) is 5.26 Å². The average molecular weight is 417 g/mol. The highest BCUT2D eigenvalue weighted by Crippen LogP contribution is 2.22. The number of nitrogens with one attached hydrogen (secondary N) is 1. The van der Waals surface area contributed by atoms with Gasteiger partial charge >= 0.3 is 5.97 Å². The van der Waals surface area contributed by atoms with Gasteiger partial charge in [0.1, 0.15) is 12.3 Å². The zero-order chi connectivity index (χ0) is 21.3. The van der Waals surface area contributed by atoms with Crippen LogP contribution in [-0.2, 0) is 4.79 Å². The second-order valence-corrected chi connectivity index (χ2v) is 6.71. The van der Waals surface area contributed by atoms with Gasteiger partial charge in [0.2, 0.25) is 0 Å². The van der Waals surface area contributed by atoms with Gasteiger partial charge in [-0.3, -0.25) is 4.79 Å². The molecular weight excluding hydrogens is 400 g/mol. The number of esters is 1. The van der Waals surface area contributed by atoms with Gasteiger partial charge in [-0.1, -0.05) is 54.1 Å². The van der Waals surface area contributed by atoms with Crippen molar-refractivity contribution in [3.05, 3.63) is 101 Å². The molecular formula is C24H17ClN2O3. The van der Waals surface area contributed by atoms with Crippen molar-refractivity contribution in [2.75, 3.05) is 6.54 Å². The zero-order valence-electron chi connectivity index (χ0n) is 15.8. The Balaban J connectivity index is 1.65. The third-order valence-corrected chi connectivity index (χ3v) is 4.32. The van der Waals surface area contributed by atoms with E-state index in [1.807, 2.05) is 0 Å². The second-order valence-electron chi connectivity index (χ2n) is 6.28. The lowest BCUT2D eigenvalue weighted by Gasteiger charge is -2.07. The molecule has 0 aromatic heterocycles. The fourth-order valence-corrected chi connectivity index (χ4v) is 2.87. The first-order valence-corrected chi connectivity index (χ1v) is 9.44. The quantitative estimate of drug-likeness (QED) is 0.272. The van der Waals surface area contributed by atoms with Crippen LogP contribution in [0.15, 0.2) is 78.9 Å². The molecule has 0 aliphatic carbocycles. The largest absolute Gasteiger partial charge is 0.425 e. The number of carbonyl (C=O) groups excluding carboxylic acids is 2. The number of amides is 1. The van der Waals surface area contributed by atoms with E-state index in [4.69, 9.17) is 16.3 Å². The molecule has 0 bridgehead atoms. The van der Waals surface area contributed by atoms with Gasteiger partial charge in [0.15, 0.2) is 0 Å². The van der Waals surface area contributed by atoms with Crippen LogP contribution < -0.4 is 10.1 Å².